The highest BCUT2D eigenvalue weighted by Gasteiger charge is 2.18. The van der Waals surface area contributed by atoms with E-state index in [9.17, 15) is 14.9 Å². The molecule has 0 bridgehead atoms. The number of oxazole rings is 1. The molecule has 0 aliphatic carbocycles. The van der Waals surface area contributed by atoms with Crippen molar-refractivity contribution in [1.82, 2.24) is 10.3 Å². The molecule has 10 heteroatoms. The van der Waals surface area contributed by atoms with E-state index in [1.54, 1.807) is 30.3 Å². The lowest BCUT2D eigenvalue weighted by atomic mass is 10.1. The third-order valence-electron chi connectivity index (χ3n) is 4.71. The number of fused-ring (bicyclic) bond motifs is 1. The first-order valence-corrected chi connectivity index (χ1v) is 10.1. The molecule has 0 atom stereocenters. The zero-order chi connectivity index (χ0) is 22.8. The number of nitro groups is 1. The molecule has 160 valence electrons. The van der Waals surface area contributed by atoms with Gasteiger partial charge in [-0.3, -0.25) is 20.2 Å². The summed E-state index contributed by atoms with van der Waals surface area (Å²) in [5, 5.41) is 17.2. The second kappa shape index (κ2) is 8.74. The third-order valence-corrected chi connectivity index (χ3v) is 5.17. The Bertz CT molecular complexity index is 1370. The molecule has 0 spiro atoms. The van der Waals surface area contributed by atoms with Gasteiger partial charge in [-0.2, -0.15) is 0 Å². The lowest BCUT2D eigenvalue weighted by Gasteiger charge is -2.11. The summed E-state index contributed by atoms with van der Waals surface area (Å²) in [5.74, 6) is -0.0953. The lowest BCUT2D eigenvalue weighted by Crippen LogP contribution is -2.34. The molecule has 4 aromatic rings. The Morgan fingerprint density at radius 3 is 2.62 bits per heavy atom. The monoisotopic (exact) mass is 466 g/mol. The highest BCUT2D eigenvalue weighted by Crippen LogP contribution is 2.27. The standard InChI is InChI=1S/C22H15ClN4O4S/c1-12-16(3-2-4-18(12)27(29)30)20(28)26-22(32)24-15-9-10-19-17(11-15)25-21(31-19)13-5-7-14(23)8-6-13/h2-11H,1H3,(H2,24,26,28,32). The van der Waals surface area contributed by atoms with Crippen LogP contribution in [0.5, 0.6) is 0 Å². The number of carbonyl (C=O) groups excluding carboxylic acids is 1. The van der Waals surface area contributed by atoms with Gasteiger partial charge in [0.1, 0.15) is 5.52 Å². The van der Waals surface area contributed by atoms with Crippen molar-refractivity contribution >= 4 is 57.3 Å². The van der Waals surface area contributed by atoms with Crippen molar-refractivity contribution in [3.05, 3.63) is 86.9 Å². The highest BCUT2D eigenvalue weighted by molar-refractivity contribution is 7.80. The van der Waals surface area contributed by atoms with E-state index in [-0.39, 0.29) is 21.9 Å². The summed E-state index contributed by atoms with van der Waals surface area (Å²) < 4.78 is 5.78. The van der Waals surface area contributed by atoms with Crippen molar-refractivity contribution in [3.8, 4) is 11.5 Å². The number of thiocarbonyl (C=S) groups is 1. The fraction of sp³-hybridized carbons (Fsp3) is 0.0455. The zero-order valence-corrected chi connectivity index (χ0v) is 18.2. The molecule has 0 saturated carbocycles. The average Bonchev–Trinajstić information content (AvgIpc) is 3.17. The van der Waals surface area contributed by atoms with E-state index in [0.717, 1.165) is 5.56 Å². The molecule has 32 heavy (non-hydrogen) atoms. The molecule has 4 rings (SSSR count). The topological polar surface area (TPSA) is 110 Å². The van der Waals surface area contributed by atoms with Crippen LogP contribution in [-0.4, -0.2) is 20.9 Å². The van der Waals surface area contributed by atoms with Crippen molar-refractivity contribution in [2.24, 2.45) is 0 Å². The number of amides is 1. The second-order valence-corrected chi connectivity index (χ2v) is 7.67. The van der Waals surface area contributed by atoms with Gasteiger partial charge >= 0.3 is 0 Å². The number of hydrogen-bond acceptors (Lipinski definition) is 6. The van der Waals surface area contributed by atoms with Crippen LogP contribution in [0.2, 0.25) is 5.02 Å². The fourth-order valence-electron chi connectivity index (χ4n) is 3.12. The van der Waals surface area contributed by atoms with E-state index in [1.807, 2.05) is 12.1 Å². The maximum atomic E-state index is 12.5. The van der Waals surface area contributed by atoms with Gasteiger partial charge < -0.3 is 9.73 Å². The highest BCUT2D eigenvalue weighted by atomic mass is 35.5. The largest absolute Gasteiger partial charge is 0.436 e. The molecule has 0 saturated heterocycles. The SMILES string of the molecule is Cc1c(C(=O)NC(=S)Nc2ccc3oc(-c4ccc(Cl)cc4)nc3c2)cccc1[N+](=O)[O-]. The number of halogens is 1. The molecular weight excluding hydrogens is 452 g/mol. The predicted molar refractivity (Wildman–Crippen MR) is 126 cm³/mol. The molecule has 8 nitrogen and oxygen atoms in total. The summed E-state index contributed by atoms with van der Waals surface area (Å²) in [6, 6.07) is 16.6. The molecule has 1 amide bonds. The van der Waals surface area contributed by atoms with Crippen LogP contribution >= 0.6 is 23.8 Å². The molecule has 3 aromatic carbocycles. The quantitative estimate of drug-likeness (QED) is 0.232. The Morgan fingerprint density at radius 1 is 1.16 bits per heavy atom. The summed E-state index contributed by atoms with van der Waals surface area (Å²) in [6.07, 6.45) is 0. The summed E-state index contributed by atoms with van der Waals surface area (Å²) in [5.41, 5.74) is 2.86. The molecule has 0 aliphatic rings. The third kappa shape index (κ3) is 4.43. The van der Waals surface area contributed by atoms with Crippen molar-refractivity contribution in [2.75, 3.05) is 5.32 Å². The van der Waals surface area contributed by atoms with Crippen LogP contribution in [0.25, 0.3) is 22.6 Å². The maximum Gasteiger partial charge on any atom is 0.273 e. The summed E-state index contributed by atoms with van der Waals surface area (Å²) >= 11 is 11.1. The Hall–Kier alpha value is -3.82. The zero-order valence-electron chi connectivity index (χ0n) is 16.6. The number of rotatable bonds is 4. The minimum atomic E-state index is -0.545. The fourth-order valence-corrected chi connectivity index (χ4v) is 3.46. The van der Waals surface area contributed by atoms with Gasteiger partial charge in [-0.1, -0.05) is 17.7 Å². The predicted octanol–water partition coefficient (Wildman–Crippen LogP) is 5.49. The van der Waals surface area contributed by atoms with Crippen molar-refractivity contribution < 1.29 is 14.1 Å². The maximum absolute atomic E-state index is 12.5. The Balaban J connectivity index is 1.49. The van der Waals surface area contributed by atoms with Crippen LogP contribution in [-0.2, 0) is 0 Å². The number of aromatic nitrogens is 1. The molecule has 0 radical (unpaired) electrons. The van der Waals surface area contributed by atoms with Gasteiger partial charge in [0.15, 0.2) is 10.7 Å². The van der Waals surface area contributed by atoms with Crippen LogP contribution in [0.4, 0.5) is 11.4 Å². The number of anilines is 1. The number of nitrogens with zero attached hydrogens (tertiary/aromatic N) is 2. The van der Waals surface area contributed by atoms with E-state index in [4.69, 9.17) is 28.2 Å². The van der Waals surface area contributed by atoms with Gasteiger partial charge in [0.05, 0.1) is 4.92 Å². The Morgan fingerprint density at radius 2 is 1.91 bits per heavy atom. The lowest BCUT2D eigenvalue weighted by molar-refractivity contribution is -0.385. The minimum Gasteiger partial charge on any atom is -0.436 e. The van der Waals surface area contributed by atoms with Gasteiger partial charge in [0, 0.05) is 33.5 Å². The van der Waals surface area contributed by atoms with Crippen molar-refractivity contribution in [1.29, 1.82) is 0 Å². The van der Waals surface area contributed by atoms with Crippen LogP contribution < -0.4 is 10.6 Å². The van der Waals surface area contributed by atoms with Crippen LogP contribution in [0.3, 0.4) is 0 Å². The van der Waals surface area contributed by atoms with Crippen molar-refractivity contribution in [2.45, 2.75) is 6.92 Å². The van der Waals surface area contributed by atoms with Gasteiger partial charge in [-0.25, -0.2) is 4.98 Å². The number of nitrogens with one attached hydrogen (secondary N) is 2. The Labute approximate surface area is 192 Å². The first-order valence-electron chi connectivity index (χ1n) is 9.34. The van der Waals surface area contributed by atoms with Gasteiger partial charge in [0.2, 0.25) is 5.89 Å². The van der Waals surface area contributed by atoms with Crippen LogP contribution in [0.15, 0.2) is 65.1 Å². The van der Waals surface area contributed by atoms with Gasteiger partial charge in [-0.15, -0.1) is 0 Å². The van der Waals surface area contributed by atoms with Gasteiger partial charge in [-0.05, 0) is 67.7 Å². The van der Waals surface area contributed by atoms with Crippen LogP contribution in [0.1, 0.15) is 15.9 Å². The van der Waals surface area contributed by atoms with E-state index in [2.05, 4.69) is 15.6 Å². The number of nitro benzene ring substituents is 1. The first-order chi connectivity index (χ1) is 15.3. The van der Waals surface area contributed by atoms with Crippen LogP contribution in [0, 0.1) is 17.0 Å². The molecule has 1 aromatic heterocycles. The van der Waals surface area contributed by atoms with Crippen molar-refractivity contribution in [3.63, 3.8) is 0 Å². The normalized spacial score (nSPS) is 10.7. The van der Waals surface area contributed by atoms with E-state index in [1.165, 1.54) is 25.1 Å². The average molecular weight is 467 g/mol. The van der Waals surface area contributed by atoms with Gasteiger partial charge in [0.25, 0.3) is 11.6 Å². The molecule has 0 fully saturated rings. The Kier molecular flexibility index (Phi) is 5.85. The summed E-state index contributed by atoms with van der Waals surface area (Å²) in [6.45, 7) is 1.51. The molecule has 2 N–H and O–H groups in total. The van der Waals surface area contributed by atoms with E-state index >= 15 is 0 Å². The molecular formula is C22H15ClN4O4S. The summed E-state index contributed by atoms with van der Waals surface area (Å²) in [4.78, 5) is 27.6. The molecule has 0 aliphatic heterocycles. The second-order valence-electron chi connectivity index (χ2n) is 6.82. The van der Waals surface area contributed by atoms with E-state index in [0.29, 0.717) is 27.7 Å². The number of benzene rings is 3. The smallest absolute Gasteiger partial charge is 0.273 e. The number of hydrogen-bond donors (Lipinski definition) is 2. The minimum absolute atomic E-state index is 0.0432. The molecule has 1 heterocycles. The first kappa shape index (κ1) is 21.4. The summed E-state index contributed by atoms with van der Waals surface area (Å²) in [7, 11) is 0. The number of carbonyl (C=O) groups is 1. The molecule has 0 unspecified atom stereocenters. The van der Waals surface area contributed by atoms with E-state index < -0.39 is 10.8 Å².